The van der Waals surface area contributed by atoms with E-state index in [0.717, 1.165) is 24.8 Å². The van der Waals surface area contributed by atoms with Crippen molar-refractivity contribution in [3.8, 4) is 0 Å². The van der Waals surface area contributed by atoms with Crippen molar-refractivity contribution in [1.82, 2.24) is 0 Å². The molecule has 30 heavy (non-hydrogen) atoms. The summed E-state index contributed by atoms with van der Waals surface area (Å²) < 4.78 is 12.6. The number of allylic oxidation sites excluding steroid dienone is 1. The molecule has 5 rings (SSSR count). The second kappa shape index (κ2) is 6.26. The smallest absolute Gasteiger partial charge is 0.182 e. The molecule has 164 valence electrons. The molecule has 5 nitrogen and oxygen atoms in total. The molecule has 6 heteroatoms. The van der Waals surface area contributed by atoms with Gasteiger partial charge in [-0.1, -0.05) is 19.4 Å². The zero-order chi connectivity index (χ0) is 21.7. The molecule has 3 saturated carbocycles. The molecule has 1 saturated heterocycles. The summed E-state index contributed by atoms with van der Waals surface area (Å²) in [6, 6.07) is 0. The molecule has 0 spiro atoms. The van der Waals surface area contributed by atoms with Gasteiger partial charge in [-0.2, -0.15) is 0 Å². The van der Waals surface area contributed by atoms with Crippen molar-refractivity contribution in [2.45, 2.75) is 83.7 Å². The average molecular weight is 435 g/mol. The van der Waals surface area contributed by atoms with Crippen molar-refractivity contribution in [2.24, 2.45) is 28.6 Å². The number of alkyl halides is 1. The summed E-state index contributed by atoms with van der Waals surface area (Å²) in [5.41, 5.74) is -0.895. The molecule has 0 N–H and O–H groups in total. The molecule has 0 aromatic carbocycles. The topological polar surface area (TPSA) is 69.7 Å². The van der Waals surface area contributed by atoms with Crippen molar-refractivity contribution in [1.29, 1.82) is 0 Å². The lowest BCUT2D eigenvalue weighted by Gasteiger charge is -2.58. The Morgan fingerprint density at radius 2 is 1.93 bits per heavy atom. The molecule has 0 amide bonds. The Bertz CT molecular complexity index is 877. The molecule has 1 heterocycles. The van der Waals surface area contributed by atoms with Gasteiger partial charge in [-0.3, -0.25) is 14.4 Å². The van der Waals surface area contributed by atoms with Crippen LogP contribution in [-0.2, 0) is 23.9 Å². The molecule has 0 aromatic rings. The average Bonchev–Trinajstić information content (AvgIpc) is 3.07. The largest absolute Gasteiger partial charge is 0.344 e. The molecule has 0 radical (unpaired) electrons. The van der Waals surface area contributed by atoms with E-state index in [1.807, 2.05) is 13.8 Å². The van der Waals surface area contributed by atoms with Gasteiger partial charge in [0.15, 0.2) is 23.0 Å². The number of carbonyl (C=O) groups is 3. The van der Waals surface area contributed by atoms with Gasteiger partial charge in [0.2, 0.25) is 0 Å². The lowest BCUT2D eigenvalue weighted by atomic mass is 9.46. The number of carbonyl (C=O) groups excluding carboxylic acids is 3. The summed E-state index contributed by atoms with van der Waals surface area (Å²) in [7, 11) is 0. The number of rotatable bonds is 2. The fraction of sp³-hybridized carbons (Fsp3) is 0.792. The predicted molar refractivity (Wildman–Crippen MR) is 111 cm³/mol. The van der Waals surface area contributed by atoms with E-state index in [0.29, 0.717) is 19.3 Å². The lowest BCUT2D eigenvalue weighted by molar-refractivity contribution is -0.212. The number of halogens is 1. The van der Waals surface area contributed by atoms with Gasteiger partial charge >= 0.3 is 0 Å². The molecule has 0 aromatic heterocycles. The molecular formula is C24H31ClO5. The van der Waals surface area contributed by atoms with Crippen LogP contribution in [0.4, 0.5) is 0 Å². The van der Waals surface area contributed by atoms with E-state index in [1.54, 1.807) is 6.08 Å². The normalized spacial score (nSPS) is 49.0. The minimum atomic E-state index is -1.16. The van der Waals surface area contributed by atoms with Crippen LogP contribution in [0.1, 0.15) is 66.2 Å². The Morgan fingerprint density at radius 3 is 2.63 bits per heavy atom. The van der Waals surface area contributed by atoms with Crippen molar-refractivity contribution in [2.75, 3.05) is 5.88 Å². The van der Waals surface area contributed by atoms with Crippen LogP contribution in [0, 0.1) is 28.6 Å². The number of ether oxygens (including phenoxy) is 2. The molecule has 1 unspecified atom stereocenters. The molecule has 1 aliphatic heterocycles. The second-order valence-electron chi connectivity index (χ2n) is 11.0. The SMILES string of the molecule is CC1(C)O[C@@H]2C[C@H]3[C@@H]4CCC5=CC(=O)CC[C@]5(C)C4C(=O)C[C@]3(C)[C@]2(C(=O)CCl)O1. The van der Waals surface area contributed by atoms with Crippen LogP contribution >= 0.6 is 11.6 Å². The second-order valence-corrected chi connectivity index (χ2v) is 11.3. The standard InChI is InChI=1S/C24H31ClO5/c1-21(2)29-19-10-16-15-6-5-13-9-14(26)7-8-22(13,3)20(15)17(27)11-23(16,4)24(19,30-21)18(28)12-25/h9,15-16,19-20H,5-8,10-12H2,1-4H3/t15-,16-,19+,20?,22-,23-,24+/m0/s1. The van der Waals surface area contributed by atoms with Gasteiger partial charge in [-0.05, 0) is 62.9 Å². The lowest BCUT2D eigenvalue weighted by Crippen LogP contribution is -2.63. The monoisotopic (exact) mass is 434 g/mol. The highest BCUT2D eigenvalue weighted by Crippen LogP contribution is 2.69. The highest BCUT2D eigenvalue weighted by Gasteiger charge is 2.76. The zero-order valence-corrected chi connectivity index (χ0v) is 19.0. The molecule has 0 bridgehead atoms. The van der Waals surface area contributed by atoms with E-state index in [9.17, 15) is 14.4 Å². The summed E-state index contributed by atoms with van der Waals surface area (Å²) in [5, 5.41) is 0. The Kier molecular flexibility index (Phi) is 4.35. The quantitative estimate of drug-likeness (QED) is 0.614. The first-order valence-electron chi connectivity index (χ1n) is 11.2. The first-order valence-corrected chi connectivity index (χ1v) is 11.8. The van der Waals surface area contributed by atoms with Gasteiger partial charge in [0.05, 0.1) is 12.0 Å². The van der Waals surface area contributed by atoms with Crippen LogP contribution in [0.5, 0.6) is 0 Å². The number of ketones is 3. The van der Waals surface area contributed by atoms with Crippen molar-refractivity contribution < 1.29 is 23.9 Å². The van der Waals surface area contributed by atoms with Gasteiger partial charge in [0.25, 0.3) is 0 Å². The third-order valence-corrected chi connectivity index (χ3v) is 9.43. The van der Waals surface area contributed by atoms with Crippen molar-refractivity contribution >= 4 is 29.0 Å². The number of fused-ring (bicyclic) bond motifs is 7. The van der Waals surface area contributed by atoms with Gasteiger partial charge in [0, 0.05) is 24.2 Å². The van der Waals surface area contributed by atoms with Gasteiger partial charge < -0.3 is 9.47 Å². The van der Waals surface area contributed by atoms with Gasteiger partial charge in [-0.25, -0.2) is 0 Å². The highest BCUT2D eigenvalue weighted by molar-refractivity contribution is 6.29. The minimum absolute atomic E-state index is 0.0985. The van der Waals surface area contributed by atoms with Crippen LogP contribution in [0.3, 0.4) is 0 Å². The maximum Gasteiger partial charge on any atom is 0.182 e. The van der Waals surface area contributed by atoms with Crippen LogP contribution in [0.15, 0.2) is 11.6 Å². The Morgan fingerprint density at radius 1 is 1.20 bits per heavy atom. The predicted octanol–water partition coefficient (Wildman–Crippen LogP) is 4.01. The Balaban J connectivity index is 1.59. The first kappa shape index (κ1) is 20.8. The Labute approximate surface area is 182 Å². The van der Waals surface area contributed by atoms with E-state index < -0.39 is 16.8 Å². The van der Waals surface area contributed by atoms with Crippen LogP contribution in [0.2, 0.25) is 0 Å². The van der Waals surface area contributed by atoms with E-state index in [1.165, 1.54) is 0 Å². The van der Waals surface area contributed by atoms with Crippen LogP contribution in [-0.4, -0.2) is 40.7 Å². The molecular weight excluding hydrogens is 404 g/mol. The van der Waals surface area contributed by atoms with Crippen molar-refractivity contribution in [3.05, 3.63) is 11.6 Å². The number of hydrogen-bond acceptors (Lipinski definition) is 5. The van der Waals surface area contributed by atoms with E-state index in [2.05, 4.69) is 13.8 Å². The summed E-state index contributed by atoms with van der Waals surface area (Å²) >= 11 is 6.07. The maximum absolute atomic E-state index is 13.8. The fourth-order valence-corrected chi connectivity index (χ4v) is 8.28. The molecule has 7 atom stereocenters. The molecule has 5 aliphatic rings. The summed E-state index contributed by atoms with van der Waals surface area (Å²) in [6.45, 7) is 7.89. The third-order valence-electron chi connectivity index (χ3n) is 9.18. The van der Waals surface area contributed by atoms with Gasteiger partial charge in [-0.15, -0.1) is 11.6 Å². The Hall–Kier alpha value is -1.04. The minimum Gasteiger partial charge on any atom is -0.344 e. The van der Waals surface area contributed by atoms with E-state index >= 15 is 0 Å². The summed E-state index contributed by atoms with van der Waals surface area (Å²) in [6.07, 6.45) is 5.40. The van der Waals surface area contributed by atoms with Crippen LogP contribution in [0.25, 0.3) is 0 Å². The fourth-order valence-electron chi connectivity index (χ4n) is 8.08. The van der Waals surface area contributed by atoms with Crippen molar-refractivity contribution in [3.63, 3.8) is 0 Å². The van der Waals surface area contributed by atoms with Gasteiger partial charge in [0.1, 0.15) is 5.78 Å². The number of Topliss-reactive ketones (excluding diaryl/α,β-unsaturated/α-hetero) is 2. The maximum atomic E-state index is 13.8. The summed E-state index contributed by atoms with van der Waals surface area (Å²) in [5.74, 6) is -0.569. The molecule has 4 fully saturated rings. The molecule has 4 aliphatic carbocycles. The number of hydrogen-bond donors (Lipinski definition) is 0. The summed E-state index contributed by atoms with van der Waals surface area (Å²) in [4.78, 5) is 39.1. The highest BCUT2D eigenvalue weighted by atomic mass is 35.5. The third kappa shape index (κ3) is 2.40. The van der Waals surface area contributed by atoms with Crippen LogP contribution < -0.4 is 0 Å². The van der Waals surface area contributed by atoms with E-state index in [4.69, 9.17) is 21.1 Å². The first-order chi connectivity index (χ1) is 14.0. The zero-order valence-electron chi connectivity index (χ0n) is 18.3. The van der Waals surface area contributed by atoms with E-state index in [-0.39, 0.29) is 52.5 Å².